The number of rotatable bonds is 17. The van der Waals surface area contributed by atoms with Gasteiger partial charge in [-0.05, 0) is 23.1 Å². The largest absolute Gasteiger partial charge is 0.445 e. The summed E-state index contributed by atoms with van der Waals surface area (Å²) in [6.07, 6.45) is -26.8. The quantitative estimate of drug-likeness (QED) is 0.0620. The Kier molecular flexibility index (Phi) is 19.1. The predicted molar refractivity (Wildman–Crippen MR) is 300 cm³/mol. The van der Waals surface area contributed by atoms with Crippen LogP contribution in [0.25, 0.3) is 0 Å². The fraction of sp³-hybridized carbons (Fsp3) is 0.452. The topological polar surface area (TPSA) is 335 Å². The van der Waals surface area contributed by atoms with Gasteiger partial charge in [-0.25, -0.2) is 19.2 Å². The number of nitrogens with zero attached hydrogens (tertiary/aromatic N) is 1. The van der Waals surface area contributed by atoms with Gasteiger partial charge in [0.2, 0.25) is 0 Å². The predicted octanol–water partition coefficient (Wildman–Crippen LogP) is 3.04. The van der Waals surface area contributed by atoms with Gasteiger partial charge in [-0.2, -0.15) is 0 Å². The lowest BCUT2D eigenvalue weighted by Gasteiger charge is -2.51. The molecule has 26 heteroatoms. The number of fused-ring (bicyclic) bond motifs is 3. The lowest BCUT2D eigenvalue weighted by molar-refractivity contribution is -0.357. The summed E-state index contributed by atoms with van der Waals surface area (Å²) in [5.41, 5.74) is 10.2. The zero-order chi connectivity index (χ0) is 60.8. The third-order valence-electron chi connectivity index (χ3n) is 16.5. The number of aliphatic hydroxyl groups is 4. The number of ether oxygens (including phenoxy) is 13. The Labute approximate surface area is 504 Å². The molecule has 6 saturated heterocycles. The van der Waals surface area contributed by atoms with Crippen molar-refractivity contribution in [1.29, 1.82) is 0 Å². The van der Waals surface area contributed by atoms with Crippen LogP contribution in [0.4, 0.5) is 19.2 Å². The summed E-state index contributed by atoms with van der Waals surface area (Å²) in [5, 5.41) is 56.0. The van der Waals surface area contributed by atoms with Gasteiger partial charge in [0.15, 0.2) is 37.5 Å². The van der Waals surface area contributed by atoms with Crippen LogP contribution < -0.4 is 21.7 Å². The number of carbonyl (C=O) groups excluding carboxylic acids is 4. The summed E-state index contributed by atoms with van der Waals surface area (Å²) in [6.45, 7) is -1.48. The number of nitrogens with one attached hydrogen (secondary N) is 3. The molecule has 4 amide bonds. The lowest BCUT2D eigenvalue weighted by atomic mass is 9.84. The number of amides is 4. The van der Waals surface area contributed by atoms with Crippen LogP contribution >= 0.6 is 0 Å². The van der Waals surface area contributed by atoms with Gasteiger partial charge in [-0.3, -0.25) is 4.90 Å². The molecule has 26 nitrogen and oxygen atoms in total. The Hall–Kier alpha value is -7.38. The van der Waals surface area contributed by atoms with E-state index in [0.29, 0.717) is 22.3 Å². The van der Waals surface area contributed by atoms with Crippen molar-refractivity contribution >= 4 is 24.4 Å². The zero-order valence-corrected chi connectivity index (χ0v) is 47.3. The highest BCUT2D eigenvalue weighted by atomic mass is 16.8. The highest BCUT2D eigenvalue weighted by molar-refractivity contribution is 5.71. The molecule has 7 aliphatic rings. The van der Waals surface area contributed by atoms with E-state index in [-0.39, 0.29) is 39.4 Å². The first kappa shape index (κ1) is 60.9. The van der Waals surface area contributed by atoms with E-state index < -0.39 is 160 Å². The van der Waals surface area contributed by atoms with Crippen LogP contribution in [0.15, 0.2) is 152 Å². The molecular weight excluding hydrogens is 1150 g/mol. The van der Waals surface area contributed by atoms with Gasteiger partial charge in [0.25, 0.3) is 0 Å². The summed E-state index contributed by atoms with van der Waals surface area (Å²) < 4.78 is 80.8. The molecule has 468 valence electrons. The fourth-order valence-electron chi connectivity index (χ4n) is 12.1. The summed E-state index contributed by atoms with van der Waals surface area (Å²) in [6, 6.07) is 40.0. The molecule has 0 bridgehead atoms. The minimum Gasteiger partial charge on any atom is -0.445 e. The molecule has 21 atom stereocenters. The monoisotopic (exact) mass is 1220 g/mol. The molecule has 1 aliphatic carbocycles. The third-order valence-corrected chi connectivity index (χ3v) is 16.5. The van der Waals surface area contributed by atoms with Gasteiger partial charge in [0.05, 0.1) is 25.8 Å². The maximum Gasteiger partial charge on any atom is 0.412 e. The van der Waals surface area contributed by atoms with E-state index in [4.69, 9.17) is 67.3 Å². The average molecular weight is 1220 g/mol. The summed E-state index contributed by atoms with van der Waals surface area (Å²) in [7, 11) is 0. The molecule has 6 heterocycles. The number of aliphatic hydroxyl groups excluding tert-OH is 4. The molecule has 7 fully saturated rings. The van der Waals surface area contributed by atoms with Gasteiger partial charge < -0.3 is 104 Å². The average Bonchev–Trinajstić information content (AvgIpc) is 1.63. The van der Waals surface area contributed by atoms with Crippen LogP contribution in [0, 0.1) is 0 Å². The second-order valence-electron chi connectivity index (χ2n) is 22.3. The fourth-order valence-corrected chi connectivity index (χ4v) is 12.1. The molecule has 12 rings (SSSR count). The van der Waals surface area contributed by atoms with Gasteiger partial charge in [0, 0.05) is 17.2 Å². The Morgan fingerprint density at radius 1 is 0.568 bits per heavy atom. The second kappa shape index (κ2) is 27.6. The van der Waals surface area contributed by atoms with Crippen LogP contribution in [0.1, 0.15) is 46.8 Å². The number of nitrogens with two attached hydrogens (primary N) is 1. The molecule has 9 N–H and O–H groups in total. The first-order chi connectivity index (χ1) is 42.8. The molecule has 0 spiro atoms. The van der Waals surface area contributed by atoms with Crippen molar-refractivity contribution in [2.75, 3.05) is 19.8 Å². The number of carbonyl (C=O) groups is 4. The summed E-state index contributed by atoms with van der Waals surface area (Å²) in [4.78, 5) is 55.8. The highest BCUT2D eigenvalue weighted by Crippen LogP contribution is 2.42. The van der Waals surface area contributed by atoms with Crippen LogP contribution in [-0.2, 0) is 81.4 Å². The number of hydrogen-bond acceptors (Lipinski definition) is 22. The first-order valence-electron chi connectivity index (χ1n) is 29.1. The zero-order valence-electron chi connectivity index (χ0n) is 47.3. The standard InChI is InChI=1S/C62H69N5O21/c63-38-26-39-49(88-61(74)64-39)53(48(38)84-57-44(66-60(73)78-30-34-18-8-2-9-19-34)46(70)52-42(82-57)32-76-55(85-52)37-24-14-5-15-25-37)87-58-47(71)51(41(28-68)81-58)86-56-43(65-59(72)77-29-33-16-6-1-7-17-33)45(69)50-40(80-56)27-67(54(83-50)36-22-12-4-13-23-36)62(75)79-31-35-20-10-3-11-21-35/h1-25,38-58,68-71H,26-32,63H2,(H,64,74)(H,65,72)(H,66,73)/t38-,39+,40-,41+,42+,43+,44+,45+,46+,47+,48+,49-,50+,51+,52+,53-,54?,55?,56+,57+,58-/m0/s1. The Morgan fingerprint density at radius 3 is 1.64 bits per heavy atom. The van der Waals surface area contributed by atoms with Crippen LogP contribution in [-0.4, -0.2) is 186 Å². The number of benzene rings is 5. The molecule has 5 aromatic carbocycles. The van der Waals surface area contributed by atoms with Crippen molar-refractivity contribution in [2.24, 2.45) is 5.73 Å². The maximum atomic E-state index is 14.1. The molecular formula is C62H69N5O21. The van der Waals surface area contributed by atoms with Crippen molar-refractivity contribution in [3.63, 3.8) is 0 Å². The molecule has 6 aliphatic heterocycles. The third kappa shape index (κ3) is 13.6. The highest BCUT2D eigenvalue weighted by Gasteiger charge is 2.60. The molecule has 5 aromatic rings. The van der Waals surface area contributed by atoms with Crippen molar-refractivity contribution in [3.05, 3.63) is 179 Å². The number of hydrogen-bond donors (Lipinski definition) is 8. The SMILES string of the molecule is N[C@H]1C[C@H]2NC(=O)O[C@@H]2[C@@H](O[C@@H]2O[C@H](CO)[C@@H](O[C@H]3O[C@H]4CN(C(=O)OCc5ccccc5)C(c5ccccc5)O[C@H]4[C@H](O)[C@H]3NC(=O)OCc3ccccc3)[C@H]2O)[C@@H]1O[C@H]1O[C@@H]2COC(c3ccccc3)O[C@H]2[C@H](O)[C@H]1NC(=O)OCc1ccccc1. The second-order valence-corrected chi connectivity index (χ2v) is 22.3. The van der Waals surface area contributed by atoms with Crippen LogP contribution in [0.2, 0.25) is 0 Å². The lowest BCUT2D eigenvalue weighted by Crippen LogP contribution is -2.69. The van der Waals surface area contributed by atoms with E-state index in [2.05, 4.69) is 16.0 Å². The van der Waals surface area contributed by atoms with E-state index in [1.165, 1.54) is 4.90 Å². The van der Waals surface area contributed by atoms with Gasteiger partial charge >= 0.3 is 24.4 Å². The van der Waals surface area contributed by atoms with Crippen molar-refractivity contribution in [3.8, 4) is 0 Å². The van der Waals surface area contributed by atoms with Crippen molar-refractivity contribution in [1.82, 2.24) is 20.9 Å². The van der Waals surface area contributed by atoms with E-state index in [1.807, 2.05) is 42.5 Å². The first-order valence-corrected chi connectivity index (χ1v) is 29.1. The molecule has 0 aromatic heterocycles. The smallest absolute Gasteiger partial charge is 0.412 e. The van der Waals surface area contributed by atoms with E-state index in [1.54, 1.807) is 109 Å². The van der Waals surface area contributed by atoms with Crippen LogP contribution in [0.5, 0.6) is 0 Å². The minimum atomic E-state index is -1.84. The van der Waals surface area contributed by atoms with Crippen LogP contribution in [0.3, 0.4) is 0 Å². The van der Waals surface area contributed by atoms with Gasteiger partial charge in [-0.15, -0.1) is 0 Å². The van der Waals surface area contributed by atoms with E-state index >= 15 is 0 Å². The molecule has 1 saturated carbocycles. The summed E-state index contributed by atoms with van der Waals surface area (Å²) >= 11 is 0. The molecule has 88 heavy (non-hydrogen) atoms. The normalized spacial score (nSPS) is 35.0. The summed E-state index contributed by atoms with van der Waals surface area (Å²) in [5.74, 6) is 0. The van der Waals surface area contributed by atoms with Crippen molar-refractivity contribution < 1.29 is 101 Å². The molecule has 0 radical (unpaired) electrons. The molecule has 2 unspecified atom stereocenters. The van der Waals surface area contributed by atoms with Gasteiger partial charge in [0.1, 0.15) is 99.0 Å². The van der Waals surface area contributed by atoms with Gasteiger partial charge in [-0.1, -0.05) is 152 Å². The van der Waals surface area contributed by atoms with Crippen molar-refractivity contribution in [2.45, 2.75) is 155 Å². The van der Waals surface area contributed by atoms with E-state index in [9.17, 15) is 39.6 Å². The number of alkyl carbamates (subject to hydrolysis) is 3. The Bertz CT molecular complexity index is 3110. The Morgan fingerprint density at radius 2 is 1.07 bits per heavy atom. The Balaban J connectivity index is 0.797. The van der Waals surface area contributed by atoms with E-state index in [0.717, 1.165) is 5.56 Å². The maximum absolute atomic E-state index is 14.1. The minimum absolute atomic E-state index is 0.0627.